The van der Waals surface area contributed by atoms with Crippen LogP contribution in [0.3, 0.4) is 0 Å². The Hall–Kier alpha value is -1.40. The number of ether oxygens (including phenoxy) is 1. The normalized spacial score (nSPS) is 17.5. The summed E-state index contributed by atoms with van der Waals surface area (Å²) in [6.45, 7) is 5.36. The lowest BCUT2D eigenvalue weighted by Gasteiger charge is -2.27. The van der Waals surface area contributed by atoms with Crippen LogP contribution in [0, 0.1) is 0 Å². The third kappa shape index (κ3) is 3.54. The molecule has 1 aromatic heterocycles. The molecule has 0 aliphatic carbocycles. The maximum atomic E-state index is 12.0. The highest BCUT2D eigenvalue weighted by molar-refractivity contribution is 5.76. The predicted octanol–water partition coefficient (Wildman–Crippen LogP) is 0.542. The molecule has 1 atom stereocenters. The van der Waals surface area contributed by atoms with Crippen molar-refractivity contribution in [1.82, 2.24) is 14.5 Å². The Morgan fingerprint density at radius 3 is 2.95 bits per heavy atom. The van der Waals surface area contributed by atoms with E-state index >= 15 is 0 Å². The van der Waals surface area contributed by atoms with Crippen molar-refractivity contribution in [2.24, 2.45) is 5.73 Å². The molecule has 6 heteroatoms. The van der Waals surface area contributed by atoms with Crippen molar-refractivity contribution in [2.75, 3.05) is 26.3 Å². The first-order valence-corrected chi connectivity index (χ1v) is 6.83. The largest absolute Gasteiger partial charge is 0.378 e. The summed E-state index contributed by atoms with van der Waals surface area (Å²) in [7, 11) is 0. The van der Waals surface area contributed by atoms with Gasteiger partial charge in [0.25, 0.3) is 0 Å². The number of hydrogen-bond acceptors (Lipinski definition) is 4. The number of rotatable bonds is 5. The summed E-state index contributed by atoms with van der Waals surface area (Å²) >= 11 is 0. The average Bonchev–Trinajstić information content (AvgIpc) is 2.93. The SMILES string of the molecule is CC[C@@H](N)c1cncn1CCC(=O)N1CCOCC1. The van der Waals surface area contributed by atoms with Gasteiger partial charge in [0.15, 0.2) is 0 Å². The molecule has 0 unspecified atom stereocenters. The molecule has 19 heavy (non-hydrogen) atoms. The second-order valence-corrected chi connectivity index (χ2v) is 4.77. The van der Waals surface area contributed by atoms with Gasteiger partial charge in [-0.1, -0.05) is 6.92 Å². The Morgan fingerprint density at radius 1 is 1.53 bits per heavy atom. The van der Waals surface area contributed by atoms with Crippen molar-refractivity contribution in [3.8, 4) is 0 Å². The van der Waals surface area contributed by atoms with Crippen molar-refractivity contribution < 1.29 is 9.53 Å². The minimum Gasteiger partial charge on any atom is -0.378 e. The summed E-state index contributed by atoms with van der Waals surface area (Å²) in [6, 6.07) is -0.0130. The molecule has 1 saturated heterocycles. The van der Waals surface area contributed by atoms with Crippen LogP contribution in [0.4, 0.5) is 0 Å². The molecule has 2 N–H and O–H groups in total. The third-order valence-corrected chi connectivity index (χ3v) is 3.49. The molecule has 1 aliphatic heterocycles. The number of aromatic nitrogens is 2. The molecular weight excluding hydrogens is 244 g/mol. The number of imidazole rings is 1. The molecular formula is C13H22N4O2. The van der Waals surface area contributed by atoms with E-state index in [-0.39, 0.29) is 11.9 Å². The lowest BCUT2D eigenvalue weighted by atomic mass is 10.2. The summed E-state index contributed by atoms with van der Waals surface area (Å²) in [5.74, 6) is 0.174. The van der Waals surface area contributed by atoms with E-state index in [9.17, 15) is 4.79 Å². The first-order chi connectivity index (χ1) is 9.22. The molecule has 1 aliphatic rings. The van der Waals surface area contributed by atoms with Crippen LogP contribution in [0.1, 0.15) is 31.5 Å². The molecule has 1 aromatic rings. The molecule has 0 aromatic carbocycles. The van der Waals surface area contributed by atoms with Crippen molar-refractivity contribution >= 4 is 5.91 Å². The van der Waals surface area contributed by atoms with Crippen molar-refractivity contribution in [1.29, 1.82) is 0 Å². The van der Waals surface area contributed by atoms with E-state index in [1.165, 1.54) is 0 Å². The van der Waals surface area contributed by atoms with E-state index in [0.29, 0.717) is 39.3 Å². The maximum absolute atomic E-state index is 12.0. The summed E-state index contributed by atoms with van der Waals surface area (Å²) in [5.41, 5.74) is 7.01. The maximum Gasteiger partial charge on any atom is 0.224 e. The molecule has 0 bridgehead atoms. The van der Waals surface area contributed by atoms with Crippen molar-refractivity contribution in [3.63, 3.8) is 0 Å². The number of carbonyl (C=O) groups is 1. The molecule has 2 heterocycles. The van der Waals surface area contributed by atoms with Crippen LogP contribution in [0.15, 0.2) is 12.5 Å². The lowest BCUT2D eigenvalue weighted by Crippen LogP contribution is -2.41. The summed E-state index contributed by atoms with van der Waals surface area (Å²) in [6.07, 6.45) is 4.88. The standard InChI is InChI=1S/C13H22N4O2/c1-2-11(14)12-9-15-10-17(12)4-3-13(18)16-5-7-19-8-6-16/h9-11H,2-8,14H2,1H3/t11-/m1/s1. The van der Waals surface area contributed by atoms with Gasteiger partial charge in [-0.05, 0) is 6.42 Å². The number of hydrogen-bond donors (Lipinski definition) is 1. The second kappa shape index (κ2) is 6.68. The number of morpholine rings is 1. The zero-order valence-electron chi connectivity index (χ0n) is 11.4. The van der Waals surface area contributed by atoms with E-state index in [1.54, 1.807) is 12.5 Å². The minimum atomic E-state index is -0.0130. The summed E-state index contributed by atoms with van der Waals surface area (Å²) in [5, 5.41) is 0. The highest BCUT2D eigenvalue weighted by Crippen LogP contribution is 2.13. The zero-order valence-corrected chi connectivity index (χ0v) is 11.4. The molecule has 0 radical (unpaired) electrons. The van der Waals surface area contributed by atoms with Crippen molar-refractivity contribution in [3.05, 3.63) is 18.2 Å². The van der Waals surface area contributed by atoms with Gasteiger partial charge < -0.3 is 19.9 Å². The Morgan fingerprint density at radius 2 is 2.26 bits per heavy atom. The van der Waals surface area contributed by atoms with Gasteiger partial charge in [0.05, 0.1) is 25.2 Å². The quantitative estimate of drug-likeness (QED) is 0.844. The van der Waals surface area contributed by atoms with Gasteiger partial charge >= 0.3 is 0 Å². The van der Waals surface area contributed by atoms with Gasteiger partial charge in [0, 0.05) is 38.3 Å². The Kier molecular flexibility index (Phi) is 4.93. The Balaban J connectivity index is 1.88. The fourth-order valence-electron chi connectivity index (χ4n) is 2.22. The fourth-order valence-corrected chi connectivity index (χ4v) is 2.22. The minimum absolute atomic E-state index is 0.0130. The van der Waals surface area contributed by atoms with Crippen LogP contribution in [-0.4, -0.2) is 46.7 Å². The molecule has 1 amide bonds. The molecule has 6 nitrogen and oxygen atoms in total. The molecule has 1 fully saturated rings. The number of nitrogens with zero attached hydrogens (tertiary/aromatic N) is 3. The summed E-state index contributed by atoms with van der Waals surface area (Å²) < 4.78 is 7.22. The molecule has 2 rings (SSSR count). The predicted molar refractivity (Wildman–Crippen MR) is 71.5 cm³/mol. The highest BCUT2D eigenvalue weighted by atomic mass is 16.5. The molecule has 0 spiro atoms. The fraction of sp³-hybridized carbons (Fsp3) is 0.692. The van der Waals surface area contributed by atoms with E-state index in [2.05, 4.69) is 4.98 Å². The van der Waals surface area contributed by atoms with Gasteiger partial charge in [-0.15, -0.1) is 0 Å². The third-order valence-electron chi connectivity index (χ3n) is 3.49. The van der Waals surface area contributed by atoms with Gasteiger partial charge in [-0.2, -0.15) is 0 Å². The van der Waals surface area contributed by atoms with Gasteiger partial charge in [-0.25, -0.2) is 4.98 Å². The number of carbonyl (C=O) groups excluding carboxylic acids is 1. The average molecular weight is 266 g/mol. The Bertz CT molecular complexity index is 413. The van der Waals surface area contributed by atoms with Crippen LogP contribution in [-0.2, 0) is 16.1 Å². The van der Waals surface area contributed by atoms with Crippen LogP contribution in [0.25, 0.3) is 0 Å². The van der Waals surface area contributed by atoms with Gasteiger partial charge in [0.2, 0.25) is 5.91 Å². The molecule has 0 saturated carbocycles. The Labute approximate surface area is 113 Å². The molecule has 106 valence electrons. The van der Waals surface area contributed by atoms with Crippen LogP contribution in [0.5, 0.6) is 0 Å². The topological polar surface area (TPSA) is 73.4 Å². The van der Waals surface area contributed by atoms with Crippen LogP contribution in [0.2, 0.25) is 0 Å². The van der Waals surface area contributed by atoms with E-state index in [1.807, 2.05) is 16.4 Å². The van der Waals surface area contributed by atoms with Gasteiger partial charge in [-0.3, -0.25) is 4.79 Å². The highest BCUT2D eigenvalue weighted by Gasteiger charge is 2.17. The second-order valence-electron chi connectivity index (χ2n) is 4.77. The number of amides is 1. The smallest absolute Gasteiger partial charge is 0.224 e. The van der Waals surface area contributed by atoms with E-state index in [4.69, 9.17) is 10.5 Å². The van der Waals surface area contributed by atoms with Crippen LogP contribution >= 0.6 is 0 Å². The summed E-state index contributed by atoms with van der Waals surface area (Å²) in [4.78, 5) is 18.0. The van der Waals surface area contributed by atoms with Crippen LogP contribution < -0.4 is 5.73 Å². The monoisotopic (exact) mass is 266 g/mol. The van der Waals surface area contributed by atoms with E-state index < -0.39 is 0 Å². The first-order valence-electron chi connectivity index (χ1n) is 6.83. The number of nitrogens with two attached hydrogens (primary N) is 1. The van der Waals surface area contributed by atoms with E-state index in [0.717, 1.165) is 12.1 Å². The van der Waals surface area contributed by atoms with Crippen molar-refractivity contribution in [2.45, 2.75) is 32.4 Å². The lowest BCUT2D eigenvalue weighted by molar-refractivity contribution is -0.135. The van der Waals surface area contributed by atoms with Gasteiger partial charge in [0.1, 0.15) is 0 Å². The zero-order chi connectivity index (χ0) is 13.7. The number of aryl methyl sites for hydroxylation is 1. The first kappa shape index (κ1) is 14.0.